The van der Waals surface area contributed by atoms with Crippen molar-refractivity contribution < 1.29 is 0 Å². The summed E-state index contributed by atoms with van der Waals surface area (Å²) in [6.45, 7) is 0.484. The topological polar surface area (TPSA) is 48.8 Å². The SMILES string of the molecule is [N-]=[N+]=NCCC=Cc1ccc(Cl)cc1Br. The summed E-state index contributed by atoms with van der Waals surface area (Å²) in [5.74, 6) is 0. The van der Waals surface area contributed by atoms with Crippen molar-refractivity contribution in [3.8, 4) is 0 Å². The van der Waals surface area contributed by atoms with E-state index in [0.29, 0.717) is 11.6 Å². The van der Waals surface area contributed by atoms with Gasteiger partial charge in [0.2, 0.25) is 0 Å². The van der Waals surface area contributed by atoms with Crippen LogP contribution < -0.4 is 0 Å². The summed E-state index contributed by atoms with van der Waals surface area (Å²) in [7, 11) is 0. The number of hydrogen-bond acceptors (Lipinski definition) is 1. The molecule has 0 radical (unpaired) electrons. The molecule has 78 valence electrons. The second-order valence-electron chi connectivity index (χ2n) is 2.81. The largest absolute Gasteiger partial charge is 0.0937 e. The van der Waals surface area contributed by atoms with Crippen LogP contribution in [0.4, 0.5) is 0 Å². The molecule has 0 spiro atoms. The predicted molar refractivity (Wildman–Crippen MR) is 66.8 cm³/mol. The van der Waals surface area contributed by atoms with Crippen molar-refractivity contribution in [1.29, 1.82) is 0 Å². The average Bonchev–Trinajstić information content (AvgIpc) is 2.20. The number of benzene rings is 1. The molecule has 0 unspecified atom stereocenters. The Hall–Kier alpha value is -0.960. The molecule has 0 aliphatic rings. The van der Waals surface area contributed by atoms with Gasteiger partial charge in [0.15, 0.2) is 0 Å². The second kappa shape index (κ2) is 6.51. The number of halogens is 2. The van der Waals surface area contributed by atoms with E-state index in [4.69, 9.17) is 17.1 Å². The third kappa shape index (κ3) is 4.38. The van der Waals surface area contributed by atoms with E-state index in [0.717, 1.165) is 16.5 Å². The summed E-state index contributed by atoms with van der Waals surface area (Å²) in [6, 6.07) is 5.60. The zero-order chi connectivity index (χ0) is 11.1. The van der Waals surface area contributed by atoms with Gasteiger partial charge in [-0.1, -0.05) is 50.9 Å². The summed E-state index contributed by atoms with van der Waals surface area (Å²) in [4.78, 5) is 2.67. The lowest BCUT2D eigenvalue weighted by atomic mass is 10.2. The number of azide groups is 1. The van der Waals surface area contributed by atoms with Gasteiger partial charge >= 0.3 is 0 Å². The minimum Gasteiger partial charge on any atom is -0.0937 e. The highest BCUT2D eigenvalue weighted by Gasteiger charge is 1.95. The van der Waals surface area contributed by atoms with Crippen LogP contribution in [0.1, 0.15) is 12.0 Å². The van der Waals surface area contributed by atoms with Gasteiger partial charge in [-0.2, -0.15) is 0 Å². The monoisotopic (exact) mass is 285 g/mol. The molecule has 0 heterocycles. The molecule has 0 saturated heterocycles. The molecule has 1 rings (SSSR count). The summed E-state index contributed by atoms with van der Waals surface area (Å²) < 4.78 is 0.954. The van der Waals surface area contributed by atoms with Crippen molar-refractivity contribution in [2.45, 2.75) is 6.42 Å². The molecule has 0 fully saturated rings. The van der Waals surface area contributed by atoms with Gasteiger partial charge in [0, 0.05) is 21.0 Å². The Bertz CT molecular complexity index is 411. The lowest BCUT2D eigenvalue weighted by Crippen LogP contribution is -1.77. The van der Waals surface area contributed by atoms with Crippen molar-refractivity contribution in [2.24, 2.45) is 5.11 Å². The highest BCUT2D eigenvalue weighted by Crippen LogP contribution is 2.22. The van der Waals surface area contributed by atoms with Crippen molar-refractivity contribution in [3.63, 3.8) is 0 Å². The Balaban J connectivity index is 2.60. The fourth-order valence-corrected chi connectivity index (χ4v) is 1.84. The van der Waals surface area contributed by atoms with E-state index < -0.39 is 0 Å². The molecule has 0 aliphatic heterocycles. The Labute approximate surface area is 102 Å². The van der Waals surface area contributed by atoms with Crippen molar-refractivity contribution in [1.82, 2.24) is 0 Å². The van der Waals surface area contributed by atoms with Gasteiger partial charge < -0.3 is 0 Å². The van der Waals surface area contributed by atoms with Crippen LogP contribution in [-0.2, 0) is 0 Å². The zero-order valence-electron chi connectivity index (χ0n) is 7.90. The molecule has 0 aliphatic carbocycles. The van der Waals surface area contributed by atoms with Crippen LogP contribution in [0, 0.1) is 0 Å². The minimum absolute atomic E-state index is 0.484. The van der Waals surface area contributed by atoms with Gasteiger partial charge in [0.05, 0.1) is 0 Å². The van der Waals surface area contributed by atoms with Gasteiger partial charge in [-0.3, -0.25) is 0 Å². The standard InChI is InChI=1S/C10H9BrClN3/c11-10-7-9(12)5-4-8(10)3-1-2-6-14-15-13/h1,3-5,7H,2,6H2. The molecule has 0 bridgehead atoms. The van der Waals surface area contributed by atoms with E-state index in [1.807, 2.05) is 30.4 Å². The lowest BCUT2D eigenvalue weighted by Gasteiger charge is -1.98. The van der Waals surface area contributed by atoms with E-state index in [2.05, 4.69) is 26.0 Å². The molecular formula is C10H9BrClN3. The van der Waals surface area contributed by atoms with Crippen LogP contribution in [0.2, 0.25) is 5.02 Å². The average molecular weight is 287 g/mol. The lowest BCUT2D eigenvalue weighted by molar-refractivity contribution is 0.995. The van der Waals surface area contributed by atoms with Crippen LogP contribution in [0.15, 0.2) is 33.9 Å². The Kier molecular flexibility index (Phi) is 5.26. The summed E-state index contributed by atoms with van der Waals surface area (Å²) in [6.07, 6.45) is 4.66. The van der Waals surface area contributed by atoms with Crippen molar-refractivity contribution in [3.05, 3.63) is 49.8 Å². The van der Waals surface area contributed by atoms with Gasteiger partial charge in [-0.25, -0.2) is 0 Å². The fourth-order valence-electron chi connectivity index (χ4n) is 1.02. The molecule has 1 aromatic carbocycles. The maximum absolute atomic E-state index is 8.07. The fraction of sp³-hybridized carbons (Fsp3) is 0.200. The maximum Gasteiger partial charge on any atom is 0.0417 e. The van der Waals surface area contributed by atoms with Gasteiger partial charge in [-0.15, -0.1) is 0 Å². The normalized spacial score (nSPS) is 10.3. The van der Waals surface area contributed by atoms with E-state index >= 15 is 0 Å². The van der Waals surface area contributed by atoms with Crippen molar-refractivity contribution in [2.75, 3.05) is 6.54 Å². The molecular weight excluding hydrogens is 277 g/mol. The maximum atomic E-state index is 8.07. The molecule has 0 atom stereocenters. The summed E-state index contributed by atoms with van der Waals surface area (Å²) in [5, 5.41) is 4.14. The van der Waals surface area contributed by atoms with E-state index in [1.54, 1.807) is 0 Å². The van der Waals surface area contributed by atoms with Gasteiger partial charge in [-0.05, 0) is 29.6 Å². The number of hydrogen-bond donors (Lipinski definition) is 0. The smallest absolute Gasteiger partial charge is 0.0417 e. The van der Waals surface area contributed by atoms with Gasteiger partial charge in [0.1, 0.15) is 0 Å². The van der Waals surface area contributed by atoms with E-state index in [9.17, 15) is 0 Å². The molecule has 5 heteroatoms. The predicted octanol–water partition coefficient (Wildman–Crippen LogP) is 4.82. The first-order chi connectivity index (χ1) is 7.24. The molecule has 0 saturated carbocycles. The molecule has 1 aromatic rings. The van der Waals surface area contributed by atoms with Crippen LogP contribution in [0.25, 0.3) is 16.5 Å². The molecule has 0 N–H and O–H groups in total. The third-order valence-electron chi connectivity index (χ3n) is 1.72. The molecule has 3 nitrogen and oxygen atoms in total. The Morgan fingerprint density at radius 3 is 3.00 bits per heavy atom. The first-order valence-electron chi connectivity index (χ1n) is 4.36. The van der Waals surface area contributed by atoms with Crippen molar-refractivity contribution >= 4 is 33.6 Å². The van der Waals surface area contributed by atoms with Crippen LogP contribution in [0.3, 0.4) is 0 Å². The van der Waals surface area contributed by atoms with Crippen LogP contribution in [0.5, 0.6) is 0 Å². The number of rotatable bonds is 4. The third-order valence-corrected chi connectivity index (χ3v) is 2.64. The van der Waals surface area contributed by atoms with E-state index in [1.165, 1.54) is 0 Å². The number of nitrogens with zero attached hydrogens (tertiary/aromatic N) is 3. The molecule has 0 aromatic heterocycles. The second-order valence-corrected chi connectivity index (χ2v) is 4.10. The quantitative estimate of drug-likeness (QED) is 0.330. The Morgan fingerprint density at radius 2 is 2.33 bits per heavy atom. The highest BCUT2D eigenvalue weighted by atomic mass is 79.9. The summed E-state index contributed by atoms with van der Waals surface area (Å²) in [5.41, 5.74) is 9.13. The minimum atomic E-state index is 0.484. The zero-order valence-corrected chi connectivity index (χ0v) is 10.2. The summed E-state index contributed by atoms with van der Waals surface area (Å²) >= 11 is 9.22. The highest BCUT2D eigenvalue weighted by molar-refractivity contribution is 9.10. The Morgan fingerprint density at radius 1 is 1.53 bits per heavy atom. The molecule has 15 heavy (non-hydrogen) atoms. The van der Waals surface area contributed by atoms with Gasteiger partial charge in [0.25, 0.3) is 0 Å². The first-order valence-corrected chi connectivity index (χ1v) is 5.53. The first kappa shape index (κ1) is 12.1. The van der Waals surface area contributed by atoms with Crippen LogP contribution >= 0.6 is 27.5 Å². The molecule has 0 amide bonds. The van der Waals surface area contributed by atoms with E-state index in [-0.39, 0.29) is 0 Å². The van der Waals surface area contributed by atoms with Crippen LogP contribution in [-0.4, -0.2) is 6.54 Å².